The molecule has 1 aromatic rings. The summed E-state index contributed by atoms with van der Waals surface area (Å²) in [5.41, 5.74) is -0.0694. The zero-order valence-electron chi connectivity index (χ0n) is 17.2. The van der Waals surface area contributed by atoms with Gasteiger partial charge >= 0.3 is 20.0 Å². The third-order valence-corrected chi connectivity index (χ3v) is 8.40. The number of hydrogen-bond acceptors (Lipinski definition) is 10. The zero-order valence-corrected chi connectivity index (χ0v) is 18.9. The molecule has 4 atom stereocenters. The first-order valence-electron chi connectivity index (χ1n) is 9.69. The van der Waals surface area contributed by atoms with Crippen LogP contribution in [0, 0.1) is 0 Å². The van der Waals surface area contributed by atoms with E-state index in [2.05, 4.69) is 15.5 Å². The molecule has 0 aromatic carbocycles. The molecule has 0 radical (unpaired) electrons. The largest absolute Gasteiger partial charge is 0.612 e. The van der Waals surface area contributed by atoms with Gasteiger partial charge in [-0.2, -0.15) is 5.11 Å². The van der Waals surface area contributed by atoms with Crippen LogP contribution in [0.15, 0.2) is 39.0 Å². The number of thiophene rings is 1. The minimum absolute atomic E-state index is 0.0725. The van der Waals surface area contributed by atoms with E-state index >= 15 is 0 Å². The molecular formula is C18H19BN4O7S2. The van der Waals surface area contributed by atoms with Crippen LogP contribution in [-0.4, -0.2) is 70.7 Å². The summed E-state index contributed by atoms with van der Waals surface area (Å²) in [6.45, 7) is 1.05. The average molecular weight is 478 g/mol. The van der Waals surface area contributed by atoms with Crippen molar-refractivity contribution >= 4 is 54.3 Å². The van der Waals surface area contributed by atoms with Gasteiger partial charge in [0.05, 0.1) is 18.5 Å². The van der Waals surface area contributed by atoms with Gasteiger partial charge in [0.25, 0.3) is 10.8 Å². The Labute approximate surface area is 190 Å². The molecule has 0 bridgehead atoms. The summed E-state index contributed by atoms with van der Waals surface area (Å²) < 4.78 is 23.6. The summed E-state index contributed by atoms with van der Waals surface area (Å²) in [5, 5.41) is 11.6. The smallest absolute Gasteiger partial charge is 0.337 e. The van der Waals surface area contributed by atoms with Crippen molar-refractivity contribution in [3.05, 3.63) is 33.7 Å². The number of nitrogens with one attached hydrogen (secondary N) is 1. The highest BCUT2D eigenvalue weighted by Gasteiger charge is 2.69. The van der Waals surface area contributed by atoms with E-state index < -0.39 is 57.8 Å². The fourth-order valence-electron chi connectivity index (χ4n) is 3.94. The molecule has 1 saturated heterocycles. The normalized spacial score (nSPS) is 28.4. The van der Waals surface area contributed by atoms with E-state index in [1.165, 1.54) is 18.3 Å². The first-order chi connectivity index (χ1) is 15.3. The Morgan fingerprint density at radius 3 is 2.84 bits per heavy atom. The van der Waals surface area contributed by atoms with Gasteiger partial charge in [-0.25, -0.2) is 4.79 Å². The van der Waals surface area contributed by atoms with Crippen LogP contribution in [0.1, 0.15) is 18.2 Å². The fourth-order valence-corrected chi connectivity index (χ4v) is 6.71. The van der Waals surface area contributed by atoms with Crippen LogP contribution in [0.5, 0.6) is 0 Å². The Bertz CT molecular complexity index is 1030. The SMILES string of the molecule is BOC(=O)C1=C(COC(C)=O)C2(CCN=N2)[S+]([O-])[C@@H]2[C@H](NC(=O)Cc3cccs3)C(=O)N12. The maximum Gasteiger partial charge on any atom is 0.337 e. The highest BCUT2D eigenvalue weighted by molar-refractivity contribution is 7.93. The van der Waals surface area contributed by atoms with Gasteiger partial charge < -0.3 is 19.3 Å². The number of carbonyl (C=O) groups is 4. The van der Waals surface area contributed by atoms with E-state index in [0.29, 0.717) is 0 Å². The molecule has 0 saturated carbocycles. The van der Waals surface area contributed by atoms with Crippen molar-refractivity contribution in [3.63, 3.8) is 0 Å². The summed E-state index contributed by atoms with van der Waals surface area (Å²) in [6, 6.07) is 2.52. The van der Waals surface area contributed by atoms with E-state index in [4.69, 9.17) is 9.39 Å². The molecule has 32 heavy (non-hydrogen) atoms. The molecule has 1 fully saturated rings. The number of carbonyl (C=O) groups excluding carboxylic acids is 4. The molecule has 168 valence electrons. The third-order valence-electron chi connectivity index (χ3n) is 5.41. The third kappa shape index (κ3) is 3.61. The van der Waals surface area contributed by atoms with Crippen LogP contribution in [-0.2, 0) is 46.2 Å². The van der Waals surface area contributed by atoms with E-state index in [0.717, 1.165) is 17.8 Å². The van der Waals surface area contributed by atoms with Gasteiger partial charge in [-0.1, -0.05) is 6.07 Å². The van der Waals surface area contributed by atoms with Crippen LogP contribution in [0.2, 0.25) is 0 Å². The van der Waals surface area contributed by atoms with Crippen LogP contribution < -0.4 is 5.32 Å². The molecule has 1 spiro atoms. The van der Waals surface area contributed by atoms with E-state index in [1.807, 2.05) is 11.4 Å². The number of esters is 1. The molecule has 2 unspecified atom stereocenters. The Balaban J connectivity index is 1.69. The number of β-lactam (4-membered cyclic amide) rings is 1. The second-order valence-corrected chi connectivity index (χ2v) is 10.1. The number of fused-ring (bicyclic) bond motifs is 1. The number of nitrogens with zero attached hydrogens (tertiary/aromatic N) is 3. The Hall–Kier alpha value is -2.71. The van der Waals surface area contributed by atoms with Gasteiger partial charge in [-0.3, -0.25) is 19.3 Å². The second-order valence-electron chi connectivity index (χ2n) is 7.30. The van der Waals surface area contributed by atoms with Crippen molar-refractivity contribution in [2.75, 3.05) is 13.2 Å². The molecule has 1 N–H and O–H groups in total. The highest BCUT2D eigenvalue weighted by Crippen LogP contribution is 2.50. The molecule has 3 aliphatic heterocycles. The van der Waals surface area contributed by atoms with Gasteiger partial charge in [0.2, 0.25) is 11.3 Å². The standard InChI is InChI=1S/C18H19BN4O7S2/c1-9(24)29-8-11-14(17(27)30-19)23-15(26)13(21-12(25)7-10-3-2-6-31-10)16(23)32(28)18(11)4-5-20-22-18/h2-3,6,13,16H,4-5,7-8,19H2,1H3,(H,21,25)/t13-,16-,18?,32?/m1/s1. The molecule has 4 rings (SSSR count). The lowest BCUT2D eigenvalue weighted by Gasteiger charge is -2.53. The van der Waals surface area contributed by atoms with Gasteiger partial charge in [-0.05, 0) is 11.4 Å². The van der Waals surface area contributed by atoms with Gasteiger partial charge in [0.15, 0.2) is 6.04 Å². The molecule has 11 nitrogen and oxygen atoms in total. The maximum atomic E-state index is 13.7. The van der Waals surface area contributed by atoms with Crippen LogP contribution in [0.4, 0.5) is 0 Å². The summed E-state index contributed by atoms with van der Waals surface area (Å²) in [7, 11) is 1.15. The monoisotopic (exact) mass is 478 g/mol. The molecule has 14 heteroatoms. The fraction of sp³-hybridized carbons (Fsp3) is 0.444. The molecular weight excluding hydrogens is 459 g/mol. The van der Waals surface area contributed by atoms with E-state index in [9.17, 15) is 23.7 Å². The molecule has 4 heterocycles. The van der Waals surface area contributed by atoms with Crippen molar-refractivity contribution in [1.82, 2.24) is 10.2 Å². The van der Waals surface area contributed by atoms with Gasteiger partial charge in [0, 0.05) is 29.4 Å². The predicted octanol–water partition coefficient (Wildman–Crippen LogP) is -0.833. The van der Waals surface area contributed by atoms with Crippen LogP contribution in [0.25, 0.3) is 0 Å². The second kappa shape index (κ2) is 8.67. The molecule has 3 aliphatic rings. The topological polar surface area (TPSA) is 150 Å². The minimum atomic E-state index is -1.88. The number of azo groups is 1. The summed E-state index contributed by atoms with van der Waals surface area (Å²) in [5.74, 6) is -2.48. The summed E-state index contributed by atoms with van der Waals surface area (Å²) in [4.78, 5) is 50.0. The van der Waals surface area contributed by atoms with E-state index in [1.54, 1.807) is 6.07 Å². The van der Waals surface area contributed by atoms with Crippen molar-refractivity contribution in [3.8, 4) is 0 Å². The van der Waals surface area contributed by atoms with E-state index in [-0.39, 0.29) is 30.7 Å². The van der Waals surface area contributed by atoms with Crippen molar-refractivity contribution in [2.45, 2.75) is 36.1 Å². The first-order valence-corrected chi connectivity index (χ1v) is 11.8. The average Bonchev–Trinajstić information content (AvgIpc) is 3.45. The lowest BCUT2D eigenvalue weighted by molar-refractivity contribution is -0.150. The lowest BCUT2D eigenvalue weighted by Crippen LogP contribution is -2.77. The zero-order chi connectivity index (χ0) is 23.0. The Morgan fingerprint density at radius 2 is 2.25 bits per heavy atom. The van der Waals surface area contributed by atoms with Crippen molar-refractivity contribution in [2.24, 2.45) is 10.2 Å². The minimum Gasteiger partial charge on any atom is -0.612 e. The maximum absolute atomic E-state index is 13.7. The lowest BCUT2D eigenvalue weighted by atomic mass is 9.96. The summed E-state index contributed by atoms with van der Waals surface area (Å²) >= 11 is -0.471. The predicted molar refractivity (Wildman–Crippen MR) is 114 cm³/mol. The van der Waals surface area contributed by atoms with Gasteiger partial charge in [-0.15, -0.1) is 16.5 Å². The number of amides is 2. The highest BCUT2D eigenvalue weighted by atomic mass is 32.2. The van der Waals surface area contributed by atoms with Crippen molar-refractivity contribution in [1.29, 1.82) is 0 Å². The molecule has 2 amide bonds. The Kier molecular flexibility index (Phi) is 6.10. The van der Waals surface area contributed by atoms with Crippen LogP contribution in [0.3, 0.4) is 0 Å². The summed E-state index contributed by atoms with van der Waals surface area (Å²) in [6.07, 6.45) is 0.272. The number of ether oxygens (including phenoxy) is 1. The number of rotatable bonds is 6. The first kappa shape index (κ1) is 22.5. The molecule has 1 aromatic heterocycles. The Morgan fingerprint density at radius 1 is 1.47 bits per heavy atom. The van der Waals surface area contributed by atoms with Crippen LogP contribution >= 0.6 is 11.3 Å². The van der Waals surface area contributed by atoms with Crippen molar-refractivity contribution < 1.29 is 33.1 Å². The van der Waals surface area contributed by atoms with Gasteiger partial charge in [0.1, 0.15) is 12.3 Å². The number of hydrogen-bond donors (Lipinski definition) is 1. The quantitative estimate of drug-likeness (QED) is 0.243. The molecule has 0 aliphatic carbocycles.